The van der Waals surface area contributed by atoms with E-state index < -0.39 is 11.7 Å². The standard InChI is InChI=1S/C21H29F3N2O2/c22-21(23,24)19-3-1-2-17(12-19)13-25-20(27)5-4-16-6-9-26(10-7-16)14-18-8-11-28-15-18/h1-3,12,16,18H,4-11,13-15H2,(H,25,27). The quantitative estimate of drug-likeness (QED) is 0.759. The predicted octanol–water partition coefficient (Wildman–Crippen LogP) is 3.85. The molecule has 2 fully saturated rings. The highest BCUT2D eigenvalue weighted by atomic mass is 19.4. The van der Waals surface area contributed by atoms with Gasteiger partial charge in [-0.05, 0) is 68.3 Å². The summed E-state index contributed by atoms with van der Waals surface area (Å²) in [6, 6.07) is 5.10. The third kappa shape index (κ3) is 6.48. The van der Waals surface area contributed by atoms with E-state index in [0.717, 1.165) is 70.7 Å². The maximum absolute atomic E-state index is 12.7. The highest BCUT2D eigenvalue weighted by Gasteiger charge is 2.30. The molecular formula is C21H29F3N2O2. The number of nitrogens with one attached hydrogen (secondary N) is 1. The molecule has 1 unspecified atom stereocenters. The molecule has 156 valence electrons. The first-order valence-corrected chi connectivity index (χ1v) is 10.1. The van der Waals surface area contributed by atoms with Gasteiger partial charge in [0, 0.05) is 26.1 Å². The minimum absolute atomic E-state index is 0.0945. The SMILES string of the molecule is O=C(CCC1CCN(CC2CCOC2)CC1)NCc1cccc(C(F)(F)F)c1. The highest BCUT2D eigenvalue weighted by Crippen LogP contribution is 2.29. The molecular weight excluding hydrogens is 369 g/mol. The summed E-state index contributed by atoms with van der Waals surface area (Å²) < 4.78 is 43.6. The molecule has 1 N–H and O–H groups in total. The highest BCUT2D eigenvalue weighted by molar-refractivity contribution is 5.75. The van der Waals surface area contributed by atoms with E-state index in [4.69, 9.17) is 4.74 Å². The first-order valence-electron chi connectivity index (χ1n) is 10.1. The van der Waals surface area contributed by atoms with Crippen molar-refractivity contribution in [3.05, 3.63) is 35.4 Å². The van der Waals surface area contributed by atoms with E-state index in [2.05, 4.69) is 10.2 Å². The molecule has 0 aliphatic carbocycles. The summed E-state index contributed by atoms with van der Waals surface area (Å²) in [6.45, 7) is 5.16. The fourth-order valence-corrected chi connectivity index (χ4v) is 4.03. The lowest BCUT2D eigenvalue weighted by molar-refractivity contribution is -0.137. The lowest BCUT2D eigenvalue weighted by Crippen LogP contribution is -2.37. The van der Waals surface area contributed by atoms with Gasteiger partial charge in [0.15, 0.2) is 0 Å². The smallest absolute Gasteiger partial charge is 0.381 e. The Kier molecular flexibility index (Phi) is 7.35. The second-order valence-corrected chi connectivity index (χ2v) is 7.99. The van der Waals surface area contributed by atoms with E-state index in [1.54, 1.807) is 6.07 Å². The number of hydrogen-bond donors (Lipinski definition) is 1. The molecule has 4 nitrogen and oxygen atoms in total. The third-order valence-electron chi connectivity index (χ3n) is 5.77. The van der Waals surface area contributed by atoms with Crippen molar-refractivity contribution in [3.63, 3.8) is 0 Å². The van der Waals surface area contributed by atoms with Crippen LogP contribution in [0.4, 0.5) is 13.2 Å². The molecule has 1 amide bonds. The topological polar surface area (TPSA) is 41.6 Å². The number of alkyl halides is 3. The fourth-order valence-electron chi connectivity index (χ4n) is 4.03. The van der Waals surface area contributed by atoms with Gasteiger partial charge in [0.1, 0.15) is 0 Å². The minimum atomic E-state index is -4.36. The Morgan fingerprint density at radius 3 is 2.64 bits per heavy atom. The van der Waals surface area contributed by atoms with Crippen molar-refractivity contribution in [2.24, 2.45) is 11.8 Å². The van der Waals surface area contributed by atoms with Crippen molar-refractivity contribution < 1.29 is 22.7 Å². The number of nitrogens with zero attached hydrogens (tertiary/aromatic N) is 1. The Morgan fingerprint density at radius 2 is 1.96 bits per heavy atom. The van der Waals surface area contributed by atoms with Crippen LogP contribution in [0.2, 0.25) is 0 Å². The second kappa shape index (κ2) is 9.74. The van der Waals surface area contributed by atoms with Gasteiger partial charge in [0.25, 0.3) is 0 Å². The average molecular weight is 398 g/mol. The molecule has 0 radical (unpaired) electrons. The van der Waals surface area contributed by atoms with Crippen LogP contribution < -0.4 is 5.32 Å². The monoisotopic (exact) mass is 398 g/mol. The van der Waals surface area contributed by atoms with Crippen LogP contribution in [-0.2, 0) is 22.3 Å². The Balaban J connectivity index is 1.33. The first-order chi connectivity index (χ1) is 13.4. The normalized spacial score (nSPS) is 21.8. The largest absolute Gasteiger partial charge is 0.416 e. The van der Waals surface area contributed by atoms with Gasteiger partial charge >= 0.3 is 6.18 Å². The number of amides is 1. The summed E-state index contributed by atoms with van der Waals surface area (Å²) in [7, 11) is 0. The van der Waals surface area contributed by atoms with Gasteiger partial charge in [0.2, 0.25) is 5.91 Å². The molecule has 0 spiro atoms. The second-order valence-electron chi connectivity index (χ2n) is 7.99. The number of piperidine rings is 1. The van der Waals surface area contributed by atoms with Gasteiger partial charge in [0.05, 0.1) is 12.2 Å². The lowest BCUT2D eigenvalue weighted by Gasteiger charge is -2.33. The molecule has 0 aromatic heterocycles. The van der Waals surface area contributed by atoms with Gasteiger partial charge in [-0.15, -0.1) is 0 Å². The molecule has 2 saturated heterocycles. The molecule has 7 heteroatoms. The molecule has 1 atom stereocenters. The number of benzene rings is 1. The number of halogens is 3. The molecule has 3 rings (SSSR count). The maximum atomic E-state index is 12.7. The zero-order valence-electron chi connectivity index (χ0n) is 16.1. The molecule has 2 aliphatic rings. The Bertz CT molecular complexity index is 637. The summed E-state index contributed by atoms with van der Waals surface area (Å²) in [5.41, 5.74) is -0.220. The van der Waals surface area contributed by atoms with Crippen LogP contribution in [0.5, 0.6) is 0 Å². The fraction of sp³-hybridized carbons (Fsp3) is 0.667. The van der Waals surface area contributed by atoms with E-state index in [-0.39, 0.29) is 12.5 Å². The van der Waals surface area contributed by atoms with Gasteiger partial charge < -0.3 is 15.0 Å². The first kappa shape index (κ1) is 21.1. The number of carbonyl (C=O) groups excluding carboxylic acids is 1. The van der Waals surface area contributed by atoms with Crippen LogP contribution in [0, 0.1) is 11.8 Å². The lowest BCUT2D eigenvalue weighted by atomic mass is 9.91. The van der Waals surface area contributed by atoms with Crippen molar-refractivity contribution in [2.45, 2.75) is 44.8 Å². The number of rotatable bonds is 7. The van der Waals surface area contributed by atoms with Crippen molar-refractivity contribution in [2.75, 3.05) is 32.8 Å². The van der Waals surface area contributed by atoms with Crippen molar-refractivity contribution in [1.29, 1.82) is 0 Å². The van der Waals surface area contributed by atoms with Crippen LogP contribution in [0.1, 0.15) is 43.2 Å². The Labute approximate surface area is 164 Å². The molecule has 2 heterocycles. The summed E-state index contributed by atoms with van der Waals surface area (Å²) >= 11 is 0. The van der Waals surface area contributed by atoms with Crippen LogP contribution in [0.15, 0.2) is 24.3 Å². The predicted molar refractivity (Wildman–Crippen MR) is 101 cm³/mol. The van der Waals surface area contributed by atoms with Gasteiger partial charge in [-0.3, -0.25) is 4.79 Å². The summed E-state index contributed by atoms with van der Waals surface area (Å²) in [6.07, 6.45) is 0.281. The van der Waals surface area contributed by atoms with Gasteiger partial charge in [-0.25, -0.2) is 0 Å². The molecule has 0 saturated carbocycles. The van der Waals surface area contributed by atoms with Crippen molar-refractivity contribution >= 4 is 5.91 Å². The zero-order valence-corrected chi connectivity index (χ0v) is 16.1. The van der Waals surface area contributed by atoms with Gasteiger partial charge in [-0.2, -0.15) is 13.2 Å². The minimum Gasteiger partial charge on any atom is -0.381 e. The van der Waals surface area contributed by atoms with Crippen LogP contribution >= 0.6 is 0 Å². The van der Waals surface area contributed by atoms with E-state index in [1.807, 2.05) is 0 Å². The van der Waals surface area contributed by atoms with Crippen LogP contribution in [-0.4, -0.2) is 43.7 Å². The number of hydrogen-bond acceptors (Lipinski definition) is 3. The zero-order chi connectivity index (χ0) is 20.0. The summed E-state index contributed by atoms with van der Waals surface area (Å²) in [5.74, 6) is 1.12. The number of ether oxygens (including phenoxy) is 1. The van der Waals surface area contributed by atoms with Crippen LogP contribution in [0.25, 0.3) is 0 Å². The van der Waals surface area contributed by atoms with E-state index >= 15 is 0 Å². The number of likely N-dealkylation sites (tertiary alicyclic amines) is 1. The third-order valence-corrected chi connectivity index (χ3v) is 5.77. The molecule has 2 aliphatic heterocycles. The number of carbonyl (C=O) groups is 1. The summed E-state index contributed by atoms with van der Waals surface area (Å²) in [4.78, 5) is 14.6. The molecule has 28 heavy (non-hydrogen) atoms. The van der Waals surface area contributed by atoms with E-state index in [9.17, 15) is 18.0 Å². The van der Waals surface area contributed by atoms with Crippen LogP contribution in [0.3, 0.4) is 0 Å². The maximum Gasteiger partial charge on any atom is 0.416 e. The molecule has 1 aromatic rings. The summed E-state index contributed by atoms with van der Waals surface area (Å²) in [5, 5.41) is 2.74. The molecule has 0 bridgehead atoms. The Hall–Kier alpha value is -1.60. The van der Waals surface area contributed by atoms with E-state index in [0.29, 0.717) is 23.8 Å². The van der Waals surface area contributed by atoms with Gasteiger partial charge in [-0.1, -0.05) is 12.1 Å². The van der Waals surface area contributed by atoms with Crippen molar-refractivity contribution in [3.8, 4) is 0 Å². The molecule has 1 aromatic carbocycles. The Morgan fingerprint density at radius 1 is 1.18 bits per heavy atom. The van der Waals surface area contributed by atoms with Crippen molar-refractivity contribution in [1.82, 2.24) is 10.2 Å². The average Bonchev–Trinajstić information content (AvgIpc) is 3.18. The van der Waals surface area contributed by atoms with E-state index in [1.165, 1.54) is 6.07 Å².